The normalized spacial score (nSPS) is 9.94. The van der Waals surface area contributed by atoms with E-state index in [1.165, 1.54) is 5.56 Å². The Hall–Kier alpha value is -1.13. The Balaban J connectivity index is 2.04. The number of ether oxygens (including phenoxy) is 1. The molecule has 0 aliphatic carbocycles. The fourth-order valence-corrected chi connectivity index (χ4v) is 1.65. The smallest absolute Gasteiger partial charge is 0.166 e. The van der Waals surface area contributed by atoms with Gasteiger partial charge in [-0.05, 0) is 30.6 Å². The molecule has 0 radical (unpaired) electrons. The van der Waals surface area contributed by atoms with Gasteiger partial charge in [0.05, 0.1) is 0 Å². The second-order valence-corrected chi connectivity index (χ2v) is 4.17. The zero-order valence-corrected chi connectivity index (χ0v) is 11.1. The maximum Gasteiger partial charge on any atom is 0.166 e. The van der Waals surface area contributed by atoms with E-state index in [1.54, 1.807) is 7.11 Å². The molecule has 0 aliphatic rings. The van der Waals surface area contributed by atoms with Crippen molar-refractivity contribution in [1.29, 1.82) is 0 Å². The first-order valence-corrected chi connectivity index (χ1v) is 6.28. The van der Waals surface area contributed by atoms with Gasteiger partial charge in [0.15, 0.2) is 5.11 Å². The average Bonchev–Trinajstić information content (AvgIpc) is 2.36. The Morgan fingerprint density at radius 2 is 1.88 bits per heavy atom. The zero-order valence-electron chi connectivity index (χ0n) is 10.2. The lowest BCUT2D eigenvalue weighted by molar-refractivity contribution is 0.195. The maximum atomic E-state index is 5.16. The third kappa shape index (κ3) is 6.92. The molecule has 0 aromatic heterocycles. The van der Waals surface area contributed by atoms with E-state index in [9.17, 15) is 0 Å². The molecule has 4 heteroatoms. The van der Waals surface area contributed by atoms with Gasteiger partial charge in [0.2, 0.25) is 0 Å². The molecule has 3 nitrogen and oxygen atoms in total. The van der Waals surface area contributed by atoms with E-state index in [0.717, 1.165) is 37.7 Å². The van der Waals surface area contributed by atoms with Gasteiger partial charge < -0.3 is 15.4 Å². The summed E-state index contributed by atoms with van der Waals surface area (Å²) in [4.78, 5) is 0. The summed E-state index contributed by atoms with van der Waals surface area (Å²) in [5.74, 6) is 0. The van der Waals surface area contributed by atoms with Gasteiger partial charge in [0.1, 0.15) is 0 Å². The van der Waals surface area contributed by atoms with Crippen molar-refractivity contribution in [2.75, 3.05) is 26.8 Å². The first kappa shape index (κ1) is 13.9. The number of thiocarbonyl (C=S) groups is 1. The van der Waals surface area contributed by atoms with Crippen LogP contribution < -0.4 is 10.6 Å². The van der Waals surface area contributed by atoms with Gasteiger partial charge in [0.25, 0.3) is 0 Å². The van der Waals surface area contributed by atoms with Crippen LogP contribution in [-0.2, 0) is 11.2 Å². The van der Waals surface area contributed by atoms with E-state index in [4.69, 9.17) is 17.0 Å². The fourth-order valence-electron chi connectivity index (χ4n) is 1.45. The van der Waals surface area contributed by atoms with Crippen LogP contribution in [0.3, 0.4) is 0 Å². The molecule has 0 aliphatic heterocycles. The van der Waals surface area contributed by atoms with Gasteiger partial charge in [-0.1, -0.05) is 30.3 Å². The van der Waals surface area contributed by atoms with E-state index < -0.39 is 0 Å². The standard InChI is InChI=1S/C13H20N2OS/c1-16-11-5-9-14-13(17)15-10-8-12-6-3-2-4-7-12/h2-4,6-7H,5,8-11H2,1H3,(H2,14,15,17). The summed E-state index contributed by atoms with van der Waals surface area (Å²) >= 11 is 5.16. The highest BCUT2D eigenvalue weighted by molar-refractivity contribution is 7.80. The monoisotopic (exact) mass is 252 g/mol. The molecule has 17 heavy (non-hydrogen) atoms. The first-order chi connectivity index (χ1) is 8.33. The van der Waals surface area contributed by atoms with Crippen molar-refractivity contribution in [2.45, 2.75) is 12.8 Å². The van der Waals surface area contributed by atoms with E-state index in [-0.39, 0.29) is 0 Å². The molecule has 0 atom stereocenters. The lowest BCUT2D eigenvalue weighted by Gasteiger charge is -2.10. The molecule has 0 bridgehead atoms. The van der Waals surface area contributed by atoms with Crippen LogP contribution in [0.25, 0.3) is 0 Å². The molecule has 0 unspecified atom stereocenters. The Kier molecular flexibility index (Phi) is 7.34. The highest BCUT2D eigenvalue weighted by Gasteiger charge is 1.95. The van der Waals surface area contributed by atoms with Crippen LogP contribution in [0, 0.1) is 0 Å². The molecule has 0 saturated carbocycles. The van der Waals surface area contributed by atoms with Crippen LogP contribution in [0.2, 0.25) is 0 Å². The van der Waals surface area contributed by atoms with Crippen molar-refractivity contribution < 1.29 is 4.74 Å². The Labute approximate surface area is 109 Å². The SMILES string of the molecule is COCCCNC(=S)NCCc1ccccc1. The van der Waals surface area contributed by atoms with Gasteiger partial charge in [-0.2, -0.15) is 0 Å². The quantitative estimate of drug-likeness (QED) is 0.572. The summed E-state index contributed by atoms with van der Waals surface area (Å²) < 4.78 is 4.96. The predicted molar refractivity (Wildman–Crippen MR) is 75.2 cm³/mol. The van der Waals surface area contributed by atoms with Crippen molar-refractivity contribution >= 4 is 17.3 Å². The number of methoxy groups -OCH3 is 1. The second-order valence-electron chi connectivity index (χ2n) is 3.76. The summed E-state index contributed by atoms with van der Waals surface area (Å²) in [7, 11) is 1.70. The van der Waals surface area contributed by atoms with Crippen LogP contribution in [0.5, 0.6) is 0 Å². The predicted octanol–water partition coefficient (Wildman–Crippen LogP) is 1.73. The molecule has 0 saturated heterocycles. The first-order valence-electron chi connectivity index (χ1n) is 5.87. The fraction of sp³-hybridized carbons (Fsp3) is 0.462. The number of hydrogen-bond acceptors (Lipinski definition) is 2. The van der Waals surface area contributed by atoms with Crippen LogP contribution >= 0.6 is 12.2 Å². The molecule has 0 amide bonds. The molecular weight excluding hydrogens is 232 g/mol. The summed E-state index contributed by atoms with van der Waals surface area (Å²) in [6, 6.07) is 10.4. The highest BCUT2D eigenvalue weighted by atomic mass is 32.1. The van der Waals surface area contributed by atoms with Crippen molar-refractivity contribution in [3.05, 3.63) is 35.9 Å². The van der Waals surface area contributed by atoms with Crippen LogP contribution in [0.4, 0.5) is 0 Å². The highest BCUT2D eigenvalue weighted by Crippen LogP contribution is 1.97. The van der Waals surface area contributed by atoms with E-state index in [1.807, 2.05) is 6.07 Å². The van der Waals surface area contributed by atoms with E-state index in [2.05, 4.69) is 34.9 Å². The molecule has 0 spiro atoms. The summed E-state index contributed by atoms with van der Waals surface area (Å²) in [5, 5.41) is 7.05. The van der Waals surface area contributed by atoms with Gasteiger partial charge in [-0.3, -0.25) is 0 Å². The lowest BCUT2D eigenvalue weighted by atomic mass is 10.1. The van der Waals surface area contributed by atoms with Gasteiger partial charge >= 0.3 is 0 Å². The summed E-state index contributed by atoms with van der Waals surface area (Å²) in [6.07, 6.45) is 1.96. The molecule has 1 aromatic carbocycles. The van der Waals surface area contributed by atoms with E-state index in [0.29, 0.717) is 0 Å². The zero-order chi connectivity index (χ0) is 12.3. The molecule has 2 N–H and O–H groups in total. The van der Waals surface area contributed by atoms with Gasteiger partial charge in [-0.25, -0.2) is 0 Å². The summed E-state index contributed by atoms with van der Waals surface area (Å²) in [5.41, 5.74) is 1.32. The Bertz CT molecular complexity index is 316. The molecule has 1 aromatic rings. The minimum absolute atomic E-state index is 0.719. The van der Waals surface area contributed by atoms with Crippen LogP contribution in [-0.4, -0.2) is 31.9 Å². The Morgan fingerprint density at radius 3 is 2.59 bits per heavy atom. The maximum absolute atomic E-state index is 5.16. The average molecular weight is 252 g/mol. The number of nitrogens with one attached hydrogen (secondary N) is 2. The van der Waals surface area contributed by atoms with E-state index >= 15 is 0 Å². The van der Waals surface area contributed by atoms with Gasteiger partial charge in [-0.15, -0.1) is 0 Å². The molecule has 1 rings (SSSR count). The molecule has 0 fully saturated rings. The van der Waals surface area contributed by atoms with Crippen molar-refractivity contribution in [2.24, 2.45) is 0 Å². The number of rotatable bonds is 7. The largest absolute Gasteiger partial charge is 0.385 e. The second kappa shape index (κ2) is 8.96. The third-order valence-corrected chi connectivity index (χ3v) is 2.64. The lowest BCUT2D eigenvalue weighted by Crippen LogP contribution is -2.37. The number of hydrogen-bond donors (Lipinski definition) is 2. The van der Waals surface area contributed by atoms with Crippen LogP contribution in [0.1, 0.15) is 12.0 Å². The van der Waals surface area contributed by atoms with Crippen molar-refractivity contribution in [3.63, 3.8) is 0 Å². The Morgan fingerprint density at radius 1 is 1.18 bits per heavy atom. The molecule has 94 valence electrons. The van der Waals surface area contributed by atoms with Crippen molar-refractivity contribution in [3.8, 4) is 0 Å². The summed E-state index contributed by atoms with van der Waals surface area (Å²) in [6.45, 7) is 2.48. The molecular formula is C13H20N2OS. The number of benzene rings is 1. The van der Waals surface area contributed by atoms with Crippen molar-refractivity contribution in [1.82, 2.24) is 10.6 Å². The topological polar surface area (TPSA) is 33.3 Å². The minimum atomic E-state index is 0.719. The van der Waals surface area contributed by atoms with Gasteiger partial charge in [0, 0.05) is 26.8 Å². The van der Waals surface area contributed by atoms with Crippen LogP contribution in [0.15, 0.2) is 30.3 Å². The minimum Gasteiger partial charge on any atom is -0.385 e. The third-order valence-electron chi connectivity index (χ3n) is 2.35. The molecule has 0 heterocycles.